The van der Waals surface area contributed by atoms with Crippen LogP contribution in [0.15, 0.2) is 53.7 Å². The monoisotopic (exact) mass is 595 g/mol. The maximum absolute atomic E-state index is 15.0. The summed E-state index contributed by atoms with van der Waals surface area (Å²) in [7, 11) is -0.0904. The molecule has 2 aromatic heterocycles. The van der Waals surface area contributed by atoms with E-state index in [1.165, 1.54) is 18.2 Å². The molecule has 1 amide bonds. The van der Waals surface area contributed by atoms with Crippen molar-refractivity contribution < 1.29 is 22.3 Å². The van der Waals surface area contributed by atoms with E-state index < -0.39 is 26.6 Å². The van der Waals surface area contributed by atoms with Gasteiger partial charge in [-0.25, -0.2) is 22.8 Å². The zero-order valence-corrected chi connectivity index (χ0v) is 24.8. The molecule has 42 heavy (non-hydrogen) atoms. The second kappa shape index (κ2) is 12.1. The highest BCUT2D eigenvalue weighted by Crippen LogP contribution is 2.34. The van der Waals surface area contributed by atoms with Gasteiger partial charge in [0.15, 0.2) is 15.7 Å². The third-order valence-electron chi connectivity index (χ3n) is 7.42. The van der Waals surface area contributed by atoms with E-state index in [-0.39, 0.29) is 24.1 Å². The summed E-state index contributed by atoms with van der Waals surface area (Å²) in [6.07, 6.45) is 4.36. The normalized spacial score (nSPS) is 15.5. The lowest BCUT2D eigenvalue weighted by atomic mass is 10.1. The molecule has 1 unspecified atom stereocenters. The van der Waals surface area contributed by atoms with Gasteiger partial charge < -0.3 is 25.3 Å². The van der Waals surface area contributed by atoms with E-state index in [1.54, 1.807) is 19.5 Å². The Labute approximate surface area is 244 Å². The maximum Gasteiger partial charge on any atom is 0.244 e. The molecule has 13 heteroatoms. The van der Waals surface area contributed by atoms with Crippen molar-refractivity contribution in [2.75, 3.05) is 63.8 Å². The molecule has 0 bridgehead atoms. The summed E-state index contributed by atoms with van der Waals surface area (Å²) >= 11 is 0. The number of carbonyl (C=O) groups excluding carboxylic acids is 1. The van der Waals surface area contributed by atoms with Crippen molar-refractivity contribution in [1.29, 1.82) is 0 Å². The summed E-state index contributed by atoms with van der Waals surface area (Å²) in [4.78, 5) is 29.6. The molecule has 1 aliphatic heterocycles. The molecule has 0 spiro atoms. The summed E-state index contributed by atoms with van der Waals surface area (Å²) < 4.78 is 44.3. The number of rotatable bonds is 9. The van der Waals surface area contributed by atoms with Crippen LogP contribution in [0.25, 0.3) is 22.2 Å². The van der Waals surface area contributed by atoms with Crippen molar-refractivity contribution in [2.24, 2.45) is 0 Å². The lowest BCUT2D eigenvalue weighted by molar-refractivity contribution is -0.124. The van der Waals surface area contributed by atoms with Crippen molar-refractivity contribution in [2.45, 2.75) is 17.9 Å². The molecule has 5 rings (SSSR count). The topological polar surface area (TPSA) is 133 Å². The number of hydrogen-bond acceptors (Lipinski definition) is 9. The number of aromatic amines is 1. The van der Waals surface area contributed by atoms with Gasteiger partial charge in [-0.15, -0.1) is 0 Å². The number of ether oxygens (including phenoxy) is 1. The molecule has 4 aromatic rings. The Bertz CT molecular complexity index is 1720. The Morgan fingerprint density at radius 2 is 1.86 bits per heavy atom. The number of halogens is 1. The smallest absolute Gasteiger partial charge is 0.244 e. The predicted octanol–water partition coefficient (Wildman–Crippen LogP) is 3.42. The number of nitrogens with zero attached hydrogens (tertiary/aromatic N) is 4. The van der Waals surface area contributed by atoms with E-state index in [1.807, 2.05) is 25.1 Å². The first-order chi connectivity index (χ1) is 20.1. The second-order valence-electron chi connectivity index (χ2n) is 10.5. The molecule has 0 aliphatic carbocycles. The number of para-hydroxylation sites is 1. The van der Waals surface area contributed by atoms with E-state index in [0.29, 0.717) is 11.4 Å². The second-order valence-corrected chi connectivity index (χ2v) is 12.5. The van der Waals surface area contributed by atoms with E-state index in [9.17, 15) is 17.6 Å². The van der Waals surface area contributed by atoms with Crippen LogP contribution in [-0.2, 0) is 19.4 Å². The number of anilines is 3. The molecule has 2 aromatic carbocycles. The number of methoxy groups -OCH3 is 1. The van der Waals surface area contributed by atoms with Crippen molar-refractivity contribution in [3.8, 4) is 11.3 Å². The van der Waals surface area contributed by atoms with Gasteiger partial charge in [-0.05, 0) is 37.7 Å². The molecule has 1 atom stereocenters. The molecule has 11 nitrogen and oxygen atoms in total. The first kappa shape index (κ1) is 29.6. The van der Waals surface area contributed by atoms with E-state index in [4.69, 9.17) is 4.74 Å². The Morgan fingerprint density at radius 1 is 1.14 bits per heavy atom. The van der Waals surface area contributed by atoms with Crippen LogP contribution >= 0.6 is 0 Å². The third kappa shape index (κ3) is 6.14. The standard InChI is InChI=1S/C29H34FN7O4S/c1-18-15-32-29(34-21-8-6-10-24(25(21)30)42(4,39)40)35-26(18)20-16-31-27-19(20)7-5-9-22(27)33-28(38)23(17-41-3)37-13-11-36(2)12-14-37/h5-10,15-16,23,31H,11-14,17H2,1-4H3,(H,33,38)(H,32,34,35). The Balaban J connectivity index is 1.43. The zero-order valence-electron chi connectivity index (χ0n) is 23.9. The van der Waals surface area contributed by atoms with Gasteiger partial charge in [-0.2, -0.15) is 0 Å². The fourth-order valence-corrected chi connectivity index (χ4v) is 5.86. The minimum Gasteiger partial charge on any atom is -0.383 e. The molecule has 3 N–H and O–H groups in total. The first-order valence-electron chi connectivity index (χ1n) is 13.5. The first-order valence-corrected chi connectivity index (χ1v) is 15.4. The molecule has 1 aliphatic rings. The number of nitrogens with one attached hydrogen (secondary N) is 3. The number of hydrogen-bond donors (Lipinski definition) is 3. The summed E-state index contributed by atoms with van der Waals surface area (Å²) in [5.41, 5.74) is 3.44. The number of aromatic nitrogens is 3. The highest BCUT2D eigenvalue weighted by atomic mass is 32.2. The van der Waals surface area contributed by atoms with Crippen LogP contribution in [0, 0.1) is 12.7 Å². The van der Waals surface area contributed by atoms with Gasteiger partial charge in [0.1, 0.15) is 10.9 Å². The van der Waals surface area contributed by atoms with E-state index >= 15 is 0 Å². The van der Waals surface area contributed by atoms with E-state index in [0.717, 1.165) is 54.5 Å². The highest BCUT2D eigenvalue weighted by molar-refractivity contribution is 7.90. The Morgan fingerprint density at radius 3 is 2.57 bits per heavy atom. The maximum atomic E-state index is 15.0. The lowest BCUT2D eigenvalue weighted by Crippen LogP contribution is -2.54. The molecular formula is C29H34FN7O4S. The number of fused-ring (bicyclic) bond motifs is 1. The van der Waals surface area contributed by atoms with Gasteiger partial charge in [-0.3, -0.25) is 9.69 Å². The fourth-order valence-electron chi connectivity index (χ4n) is 5.10. The number of carbonyl (C=O) groups is 1. The summed E-state index contributed by atoms with van der Waals surface area (Å²) in [6.45, 7) is 5.47. The molecule has 0 saturated carbocycles. The van der Waals surface area contributed by atoms with Crippen molar-refractivity contribution in [3.63, 3.8) is 0 Å². The number of aryl methyl sites for hydroxylation is 1. The number of H-pyrrole nitrogens is 1. The number of piperazine rings is 1. The average Bonchev–Trinajstić information content (AvgIpc) is 3.39. The fraction of sp³-hybridized carbons (Fsp3) is 0.345. The van der Waals surface area contributed by atoms with E-state index in [2.05, 4.69) is 42.4 Å². The number of benzene rings is 2. The van der Waals surface area contributed by atoms with Crippen LogP contribution in [0.3, 0.4) is 0 Å². The molecule has 3 heterocycles. The van der Waals surface area contributed by atoms with Gasteiger partial charge in [0.05, 0.1) is 29.2 Å². The molecule has 222 valence electrons. The Hall–Kier alpha value is -3.91. The summed E-state index contributed by atoms with van der Waals surface area (Å²) in [5.74, 6) is -0.941. The average molecular weight is 596 g/mol. The molecule has 1 saturated heterocycles. The van der Waals surface area contributed by atoms with Crippen molar-refractivity contribution >= 4 is 44.0 Å². The molecule has 0 radical (unpaired) electrons. The third-order valence-corrected chi connectivity index (χ3v) is 8.53. The minimum absolute atomic E-state index is 0.0531. The van der Waals surface area contributed by atoms with Crippen LogP contribution in [0.2, 0.25) is 0 Å². The highest BCUT2D eigenvalue weighted by Gasteiger charge is 2.29. The molecular weight excluding hydrogens is 561 g/mol. The zero-order chi connectivity index (χ0) is 30.0. The van der Waals surface area contributed by atoms with Gasteiger partial charge in [-0.1, -0.05) is 18.2 Å². The van der Waals surface area contributed by atoms with Crippen LogP contribution in [0.1, 0.15) is 5.56 Å². The number of amides is 1. The van der Waals surface area contributed by atoms with Crippen LogP contribution < -0.4 is 10.6 Å². The predicted molar refractivity (Wildman–Crippen MR) is 160 cm³/mol. The van der Waals surface area contributed by atoms with Crippen LogP contribution in [-0.4, -0.2) is 98.3 Å². The van der Waals surface area contributed by atoms with Crippen LogP contribution in [0.5, 0.6) is 0 Å². The SMILES string of the molecule is COCC(C(=O)Nc1cccc2c(-c3nc(Nc4cccc(S(C)(=O)=O)c4F)ncc3C)c[nH]c12)N1CCN(C)CC1. The van der Waals surface area contributed by atoms with Gasteiger partial charge in [0.2, 0.25) is 11.9 Å². The number of likely N-dealkylation sites (N-methyl/N-ethyl adjacent to an activating group) is 1. The molecule has 1 fully saturated rings. The summed E-state index contributed by atoms with van der Waals surface area (Å²) in [6, 6.07) is 9.28. The van der Waals surface area contributed by atoms with Gasteiger partial charge in [0, 0.05) is 62.9 Å². The van der Waals surface area contributed by atoms with Crippen molar-refractivity contribution in [1.82, 2.24) is 24.8 Å². The lowest BCUT2D eigenvalue weighted by Gasteiger charge is -2.36. The van der Waals surface area contributed by atoms with Gasteiger partial charge >= 0.3 is 0 Å². The van der Waals surface area contributed by atoms with Gasteiger partial charge in [0.25, 0.3) is 0 Å². The number of sulfone groups is 1. The Kier molecular flexibility index (Phi) is 8.55. The minimum atomic E-state index is -3.75. The largest absolute Gasteiger partial charge is 0.383 e. The van der Waals surface area contributed by atoms with Crippen molar-refractivity contribution in [3.05, 3.63) is 60.2 Å². The quantitative estimate of drug-likeness (QED) is 0.266. The summed E-state index contributed by atoms with van der Waals surface area (Å²) in [5, 5.41) is 6.72. The van der Waals surface area contributed by atoms with Crippen LogP contribution in [0.4, 0.5) is 21.7 Å².